The molecule has 0 saturated carbocycles. The third-order valence-corrected chi connectivity index (χ3v) is 2.25. The number of hydrogen-bond acceptors (Lipinski definition) is 4. The molecule has 1 aromatic rings. The highest BCUT2D eigenvalue weighted by Crippen LogP contribution is 2.10. The van der Waals surface area contributed by atoms with Gasteiger partial charge < -0.3 is 9.94 Å². The van der Waals surface area contributed by atoms with Crippen molar-refractivity contribution in [2.24, 2.45) is 5.16 Å². The maximum atomic E-state index is 11.7. The fourth-order valence-electron chi connectivity index (χ4n) is 1.44. The molecule has 1 rings (SSSR count). The number of hydrogen-bond donors (Lipinski definition) is 1. The zero-order valence-corrected chi connectivity index (χ0v) is 11.0. The molecule has 1 N–H and O–H groups in total. The van der Waals surface area contributed by atoms with Crippen LogP contribution in [0.5, 0.6) is 0 Å². The van der Waals surface area contributed by atoms with E-state index in [0.29, 0.717) is 12.8 Å². The van der Waals surface area contributed by atoms with E-state index in [1.165, 1.54) is 0 Å². The second-order valence-corrected chi connectivity index (χ2v) is 5.03. The molecule has 18 heavy (non-hydrogen) atoms. The van der Waals surface area contributed by atoms with Crippen LogP contribution in [-0.4, -0.2) is 22.5 Å². The zero-order chi connectivity index (χ0) is 13.6. The highest BCUT2D eigenvalue weighted by atomic mass is 16.6. The van der Waals surface area contributed by atoms with Gasteiger partial charge in [0.1, 0.15) is 5.60 Å². The van der Waals surface area contributed by atoms with Gasteiger partial charge in [0.05, 0.1) is 0 Å². The molecule has 0 saturated heterocycles. The number of esters is 1. The lowest BCUT2D eigenvalue weighted by Crippen LogP contribution is -2.29. The normalized spacial score (nSPS) is 12.3. The quantitative estimate of drug-likeness (QED) is 0.386. The number of nitrogens with zero attached hydrogens (tertiary/aromatic N) is 1. The number of benzene rings is 1. The molecule has 0 bridgehead atoms. The molecule has 0 radical (unpaired) electrons. The number of oxime groups is 1. The molecule has 0 aliphatic heterocycles. The molecule has 0 heterocycles. The Balaban J connectivity index is 2.56. The van der Waals surface area contributed by atoms with E-state index in [1.54, 1.807) is 20.8 Å². The predicted octanol–water partition coefficient (Wildman–Crippen LogP) is 2.79. The summed E-state index contributed by atoms with van der Waals surface area (Å²) in [7, 11) is 0. The highest BCUT2D eigenvalue weighted by molar-refractivity contribution is 6.36. The van der Waals surface area contributed by atoms with Crippen molar-refractivity contribution in [2.75, 3.05) is 0 Å². The van der Waals surface area contributed by atoms with Crippen LogP contribution in [0.4, 0.5) is 0 Å². The molecule has 98 valence electrons. The highest BCUT2D eigenvalue weighted by Gasteiger charge is 2.21. The minimum atomic E-state index is -0.584. The van der Waals surface area contributed by atoms with Gasteiger partial charge in [0, 0.05) is 6.42 Å². The van der Waals surface area contributed by atoms with Crippen molar-refractivity contribution in [3.63, 3.8) is 0 Å². The van der Waals surface area contributed by atoms with Crippen LogP contribution < -0.4 is 0 Å². The minimum absolute atomic E-state index is 0.0498. The number of aryl methyl sites for hydroxylation is 1. The fraction of sp³-hybridized carbons (Fsp3) is 0.429. The Morgan fingerprint density at radius 1 is 1.28 bits per heavy atom. The van der Waals surface area contributed by atoms with Gasteiger partial charge in [-0.15, -0.1) is 0 Å². The molecule has 1 aromatic carbocycles. The smallest absolute Gasteiger partial charge is 0.356 e. The molecule has 0 aromatic heterocycles. The second-order valence-electron chi connectivity index (χ2n) is 5.03. The third kappa shape index (κ3) is 4.99. The van der Waals surface area contributed by atoms with Crippen molar-refractivity contribution in [3.8, 4) is 0 Å². The van der Waals surface area contributed by atoms with Crippen LogP contribution in [-0.2, 0) is 16.0 Å². The molecule has 0 atom stereocenters. The molecule has 0 unspecified atom stereocenters. The summed E-state index contributed by atoms with van der Waals surface area (Å²) in [5.74, 6) is -0.569. The lowest BCUT2D eigenvalue weighted by atomic mass is 10.1. The van der Waals surface area contributed by atoms with Crippen molar-refractivity contribution in [1.82, 2.24) is 0 Å². The molecule has 0 aliphatic carbocycles. The molecule has 0 spiro atoms. The molecule has 4 heteroatoms. The van der Waals surface area contributed by atoms with E-state index in [-0.39, 0.29) is 5.71 Å². The van der Waals surface area contributed by atoms with Gasteiger partial charge in [-0.05, 0) is 32.8 Å². The first-order chi connectivity index (χ1) is 8.42. The van der Waals surface area contributed by atoms with Gasteiger partial charge in [-0.3, -0.25) is 0 Å². The first-order valence-electron chi connectivity index (χ1n) is 5.90. The summed E-state index contributed by atoms with van der Waals surface area (Å²) in [5, 5.41) is 11.9. The van der Waals surface area contributed by atoms with Gasteiger partial charge in [0.15, 0.2) is 5.71 Å². The Bertz CT molecular complexity index is 418. The fourth-order valence-corrected chi connectivity index (χ4v) is 1.44. The predicted molar refractivity (Wildman–Crippen MR) is 69.8 cm³/mol. The van der Waals surface area contributed by atoms with Crippen LogP contribution in [0, 0.1) is 0 Å². The van der Waals surface area contributed by atoms with Crippen LogP contribution in [0.1, 0.15) is 32.8 Å². The summed E-state index contributed by atoms with van der Waals surface area (Å²) in [6.45, 7) is 5.32. The average Bonchev–Trinajstić information content (AvgIpc) is 2.29. The van der Waals surface area contributed by atoms with Gasteiger partial charge in [0.2, 0.25) is 0 Å². The SMILES string of the molecule is CC(C)(C)OC(=O)C(CCc1ccccc1)=NO. The Morgan fingerprint density at radius 2 is 1.89 bits per heavy atom. The molecular weight excluding hydrogens is 230 g/mol. The summed E-state index contributed by atoms with van der Waals surface area (Å²) in [6, 6.07) is 9.71. The van der Waals surface area contributed by atoms with Crippen LogP contribution in [0.15, 0.2) is 35.5 Å². The Morgan fingerprint density at radius 3 is 2.39 bits per heavy atom. The van der Waals surface area contributed by atoms with E-state index in [9.17, 15) is 4.79 Å². The van der Waals surface area contributed by atoms with Gasteiger partial charge in [-0.1, -0.05) is 35.5 Å². The van der Waals surface area contributed by atoms with Gasteiger partial charge in [-0.2, -0.15) is 0 Å². The van der Waals surface area contributed by atoms with Crippen molar-refractivity contribution in [2.45, 2.75) is 39.2 Å². The van der Waals surface area contributed by atoms with Crippen LogP contribution >= 0.6 is 0 Å². The summed E-state index contributed by atoms with van der Waals surface area (Å²) in [6.07, 6.45) is 0.995. The number of carbonyl (C=O) groups excluding carboxylic acids is 1. The molecule has 0 fully saturated rings. The first kappa shape index (κ1) is 14.2. The first-order valence-corrected chi connectivity index (χ1v) is 5.90. The maximum Gasteiger partial charge on any atom is 0.356 e. The Hall–Kier alpha value is -1.84. The molecule has 0 amide bonds. The standard InChI is InChI=1S/C14H19NO3/c1-14(2,3)18-13(16)12(15-17)10-9-11-7-5-4-6-8-11/h4-8,17H,9-10H2,1-3H3. The molecular formula is C14H19NO3. The third-order valence-electron chi connectivity index (χ3n) is 2.25. The molecule has 0 aliphatic rings. The van der Waals surface area contributed by atoms with Crippen LogP contribution in [0.25, 0.3) is 0 Å². The Kier molecular flexibility index (Phi) is 4.89. The Labute approximate surface area is 107 Å². The lowest BCUT2D eigenvalue weighted by molar-refractivity contribution is -0.146. The number of carbonyl (C=O) groups is 1. The zero-order valence-electron chi connectivity index (χ0n) is 11.0. The van der Waals surface area contributed by atoms with Crippen LogP contribution in [0.2, 0.25) is 0 Å². The van der Waals surface area contributed by atoms with Crippen molar-refractivity contribution in [1.29, 1.82) is 0 Å². The minimum Gasteiger partial charge on any atom is -0.455 e. The summed E-state index contributed by atoms with van der Waals surface area (Å²) in [5.41, 5.74) is 0.552. The number of ether oxygens (including phenoxy) is 1. The largest absolute Gasteiger partial charge is 0.455 e. The van der Waals surface area contributed by atoms with Crippen molar-refractivity contribution in [3.05, 3.63) is 35.9 Å². The summed E-state index contributed by atoms with van der Waals surface area (Å²) in [4.78, 5) is 11.7. The van der Waals surface area contributed by atoms with Crippen LogP contribution in [0.3, 0.4) is 0 Å². The van der Waals surface area contributed by atoms with Crippen molar-refractivity contribution >= 4 is 11.7 Å². The second kappa shape index (κ2) is 6.19. The number of rotatable bonds is 4. The van der Waals surface area contributed by atoms with Gasteiger partial charge in [0.25, 0.3) is 0 Å². The van der Waals surface area contributed by atoms with Crippen molar-refractivity contribution < 1.29 is 14.7 Å². The molecule has 4 nitrogen and oxygen atoms in total. The van der Waals surface area contributed by atoms with E-state index >= 15 is 0 Å². The van der Waals surface area contributed by atoms with E-state index in [0.717, 1.165) is 5.56 Å². The van der Waals surface area contributed by atoms with Gasteiger partial charge in [-0.25, -0.2) is 4.79 Å². The topological polar surface area (TPSA) is 58.9 Å². The lowest BCUT2D eigenvalue weighted by Gasteiger charge is -2.19. The summed E-state index contributed by atoms with van der Waals surface area (Å²) >= 11 is 0. The van der Waals surface area contributed by atoms with E-state index in [2.05, 4.69) is 5.16 Å². The monoisotopic (exact) mass is 249 g/mol. The van der Waals surface area contributed by atoms with E-state index < -0.39 is 11.6 Å². The maximum absolute atomic E-state index is 11.7. The van der Waals surface area contributed by atoms with E-state index in [4.69, 9.17) is 9.94 Å². The average molecular weight is 249 g/mol. The summed E-state index contributed by atoms with van der Waals surface area (Å²) < 4.78 is 5.15. The van der Waals surface area contributed by atoms with E-state index in [1.807, 2.05) is 30.3 Å². The van der Waals surface area contributed by atoms with Gasteiger partial charge >= 0.3 is 5.97 Å².